The number of anilines is 1. The van der Waals surface area contributed by atoms with Crippen molar-refractivity contribution >= 4 is 5.69 Å². The van der Waals surface area contributed by atoms with Gasteiger partial charge in [-0.15, -0.1) is 0 Å². The zero-order chi connectivity index (χ0) is 14.7. The number of hydrogen-bond donors (Lipinski definition) is 4. The molecule has 0 bridgehead atoms. The highest BCUT2D eigenvalue weighted by Gasteiger charge is 2.11. The molecular formula is C15H17NO4. The smallest absolute Gasteiger partial charge is 0.200 e. The van der Waals surface area contributed by atoms with Crippen LogP contribution < -0.4 is 10.1 Å². The lowest BCUT2D eigenvalue weighted by molar-refractivity contribution is 0.365. The number of ether oxygens (including phenoxy) is 1. The van der Waals surface area contributed by atoms with Crippen LogP contribution in [0.1, 0.15) is 11.1 Å². The van der Waals surface area contributed by atoms with Gasteiger partial charge in [0.2, 0.25) is 5.75 Å². The molecule has 2 aromatic carbocycles. The lowest BCUT2D eigenvalue weighted by atomic mass is 10.1. The number of aryl methyl sites for hydroxylation is 1. The highest BCUT2D eigenvalue weighted by molar-refractivity contribution is 5.57. The van der Waals surface area contributed by atoms with E-state index in [1.807, 2.05) is 25.1 Å². The summed E-state index contributed by atoms with van der Waals surface area (Å²) in [5.41, 5.74) is 2.40. The monoisotopic (exact) mass is 275 g/mol. The van der Waals surface area contributed by atoms with Crippen LogP contribution in [0.25, 0.3) is 0 Å². The van der Waals surface area contributed by atoms with E-state index in [1.165, 1.54) is 6.07 Å². The third-order valence-electron chi connectivity index (χ3n) is 3.12. The van der Waals surface area contributed by atoms with Crippen molar-refractivity contribution in [1.29, 1.82) is 0 Å². The van der Waals surface area contributed by atoms with E-state index in [0.29, 0.717) is 12.1 Å². The molecule has 0 aliphatic heterocycles. The molecule has 20 heavy (non-hydrogen) atoms. The number of hydrogen-bond acceptors (Lipinski definition) is 5. The summed E-state index contributed by atoms with van der Waals surface area (Å²) >= 11 is 0. The van der Waals surface area contributed by atoms with Gasteiger partial charge < -0.3 is 25.4 Å². The molecule has 5 heteroatoms. The molecule has 5 nitrogen and oxygen atoms in total. The minimum atomic E-state index is -0.504. The van der Waals surface area contributed by atoms with Gasteiger partial charge in [0.1, 0.15) is 5.75 Å². The van der Waals surface area contributed by atoms with Gasteiger partial charge in [0.25, 0.3) is 0 Å². The molecule has 2 aromatic rings. The second-order valence-corrected chi connectivity index (χ2v) is 4.48. The zero-order valence-electron chi connectivity index (χ0n) is 11.3. The van der Waals surface area contributed by atoms with E-state index < -0.39 is 5.75 Å². The highest BCUT2D eigenvalue weighted by Crippen LogP contribution is 2.37. The highest BCUT2D eigenvalue weighted by atomic mass is 16.5. The fourth-order valence-electron chi connectivity index (χ4n) is 1.91. The van der Waals surface area contributed by atoms with Gasteiger partial charge >= 0.3 is 0 Å². The van der Waals surface area contributed by atoms with Crippen LogP contribution in [0.5, 0.6) is 23.0 Å². The van der Waals surface area contributed by atoms with Crippen molar-refractivity contribution in [3.05, 3.63) is 41.5 Å². The second kappa shape index (κ2) is 5.61. The van der Waals surface area contributed by atoms with Crippen molar-refractivity contribution in [2.24, 2.45) is 0 Å². The number of aromatic hydroxyl groups is 3. The van der Waals surface area contributed by atoms with Crippen LogP contribution in [0, 0.1) is 6.92 Å². The first-order valence-corrected chi connectivity index (χ1v) is 6.14. The summed E-state index contributed by atoms with van der Waals surface area (Å²) in [6.07, 6.45) is 0. The minimum absolute atomic E-state index is 0.316. The molecule has 0 unspecified atom stereocenters. The van der Waals surface area contributed by atoms with Crippen molar-refractivity contribution in [3.8, 4) is 23.0 Å². The predicted molar refractivity (Wildman–Crippen MR) is 76.5 cm³/mol. The molecule has 0 radical (unpaired) electrons. The molecular weight excluding hydrogens is 258 g/mol. The first-order chi connectivity index (χ1) is 9.52. The summed E-state index contributed by atoms with van der Waals surface area (Å²) < 4.78 is 5.13. The van der Waals surface area contributed by atoms with E-state index in [0.717, 1.165) is 17.0 Å². The van der Waals surface area contributed by atoms with Crippen molar-refractivity contribution in [2.75, 3.05) is 12.4 Å². The first-order valence-electron chi connectivity index (χ1n) is 6.14. The predicted octanol–water partition coefficient (Wildman–Crippen LogP) is 2.73. The molecule has 0 spiro atoms. The van der Waals surface area contributed by atoms with Crippen molar-refractivity contribution in [1.82, 2.24) is 0 Å². The van der Waals surface area contributed by atoms with E-state index in [-0.39, 0.29) is 11.5 Å². The Hall–Kier alpha value is -2.56. The van der Waals surface area contributed by atoms with Crippen LogP contribution in [0.4, 0.5) is 5.69 Å². The van der Waals surface area contributed by atoms with E-state index in [9.17, 15) is 15.3 Å². The number of methoxy groups -OCH3 is 1. The van der Waals surface area contributed by atoms with Crippen molar-refractivity contribution < 1.29 is 20.1 Å². The standard InChI is InChI=1S/C15H17NO4/c1-9-7-11(20-2)4-5-12(9)16-8-10-3-6-13(17)15(19)14(10)18/h3-7,16-19H,8H2,1-2H3. The first kappa shape index (κ1) is 13.9. The summed E-state index contributed by atoms with van der Waals surface area (Å²) in [6, 6.07) is 8.51. The Labute approximate surface area is 117 Å². The summed E-state index contributed by atoms with van der Waals surface area (Å²) in [7, 11) is 1.61. The SMILES string of the molecule is COc1ccc(NCc2ccc(O)c(O)c2O)c(C)c1. The Morgan fingerprint density at radius 2 is 1.80 bits per heavy atom. The second-order valence-electron chi connectivity index (χ2n) is 4.48. The average Bonchev–Trinajstić information content (AvgIpc) is 2.45. The number of nitrogens with one attached hydrogen (secondary N) is 1. The molecule has 0 saturated heterocycles. The molecule has 2 rings (SSSR count). The molecule has 0 fully saturated rings. The van der Waals surface area contributed by atoms with Crippen LogP contribution in [0.15, 0.2) is 30.3 Å². The Balaban J connectivity index is 2.15. The Kier molecular flexibility index (Phi) is 3.89. The fraction of sp³-hybridized carbons (Fsp3) is 0.200. The van der Waals surface area contributed by atoms with Gasteiger partial charge in [-0.1, -0.05) is 0 Å². The van der Waals surface area contributed by atoms with Gasteiger partial charge in [0, 0.05) is 17.8 Å². The third-order valence-corrected chi connectivity index (χ3v) is 3.12. The lowest BCUT2D eigenvalue weighted by Gasteiger charge is -2.12. The zero-order valence-corrected chi connectivity index (χ0v) is 11.3. The molecule has 0 aliphatic rings. The van der Waals surface area contributed by atoms with Gasteiger partial charge in [-0.3, -0.25) is 0 Å². The quantitative estimate of drug-likeness (QED) is 0.645. The molecule has 106 valence electrons. The molecule has 0 atom stereocenters. The summed E-state index contributed by atoms with van der Waals surface area (Å²) in [5.74, 6) is -0.385. The van der Waals surface area contributed by atoms with E-state index in [2.05, 4.69) is 5.32 Å². The maximum Gasteiger partial charge on any atom is 0.200 e. The summed E-state index contributed by atoms with van der Waals surface area (Å²) in [6.45, 7) is 2.27. The fourth-order valence-corrected chi connectivity index (χ4v) is 1.91. The molecule has 4 N–H and O–H groups in total. The van der Waals surface area contributed by atoms with Crippen LogP contribution in [0.3, 0.4) is 0 Å². The number of phenols is 3. The maximum absolute atomic E-state index is 9.74. The molecule has 0 aliphatic carbocycles. The van der Waals surface area contributed by atoms with Gasteiger partial charge in [0.15, 0.2) is 11.5 Å². The molecule has 0 saturated carbocycles. The molecule has 0 amide bonds. The van der Waals surface area contributed by atoms with Crippen LogP contribution in [0.2, 0.25) is 0 Å². The summed E-state index contributed by atoms with van der Waals surface area (Å²) in [5, 5.41) is 31.6. The number of rotatable bonds is 4. The summed E-state index contributed by atoms with van der Waals surface area (Å²) in [4.78, 5) is 0. The lowest BCUT2D eigenvalue weighted by Crippen LogP contribution is -2.01. The van der Waals surface area contributed by atoms with Crippen molar-refractivity contribution in [3.63, 3.8) is 0 Å². The van der Waals surface area contributed by atoms with Crippen LogP contribution >= 0.6 is 0 Å². The maximum atomic E-state index is 9.74. The number of phenolic OH excluding ortho intramolecular Hbond substituents is 3. The minimum Gasteiger partial charge on any atom is -0.504 e. The van der Waals surface area contributed by atoms with Gasteiger partial charge in [-0.2, -0.15) is 0 Å². The Morgan fingerprint density at radius 1 is 1.05 bits per heavy atom. The average molecular weight is 275 g/mol. The van der Waals surface area contributed by atoms with E-state index in [4.69, 9.17) is 4.74 Å². The molecule has 0 aromatic heterocycles. The third kappa shape index (κ3) is 2.71. The van der Waals surface area contributed by atoms with E-state index >= 15 is 0 Å². The van der Waals surface area contributed by atoms with Gasteiger partial charge in [-0.05, 0) is 42.8 Å². The van der Waals surface area contributed by atoms with Gasteiger partial charge in [0.05, 0.1) is 7.11 Å². The van der Waals surface area contributed by atoms with E-state index in [1.54, 1.807) is 13.2 Å². The van der Waals surface area contributed by atoms with Crippen molar-refractivity contribution in [2.45, 2.75) is 13.5 Å². The van der Waals surface area contributed by atoms with Crippen LogP contribution in [-0.2, 0) is 6.54 Å². The van der Waals surface area contributed by atoms with Crippen LogP contribution in [-0.4, -0.2) is 22.4 Å². The Morgan fingerprint density at radius 3 is 2.45 bits per heavy atom. The number of benzene rings is 2. The Bertz CT molecular complexity index is 626. The largest absolute Gasteiger partial charge is 0.504 e. The normalized spacial score (nSPS) is 10.3. The topological polar surface area (TPSA) is 82.0 Å². The molecule has 0 heterocycles. The van der Waals surface area contributed by atoms with Gasteiger partial charge in [-0.25, -0.2) is 0 Å².